The van der Waals surface area contributed by atoms with Gasteiger partial charge in [-0.1, -0.05) is 12.1 Å². The van der Waals surface area contributed by atoms with Crippen LogP contribution in [0.3, 0.4) is 0 Å². The third-order valence-electron chi connectivity index (χ3n) is 2.82. The lowest BCUT2D eigenvalue weighted by Gasteiger charge is -2.22. The summed E-state index contributed by atoms with van der Waals surface area (Å²) in [6.07, 6.45) is 1.19. The van der Waals surface area contributed by atoms with Gasteiger partial charge in [-0.05, 0) is 25.1 Å². The molecule has 0 aliphatic heterocycles. The van der Waals surface area contributed by atoms with E-state index in [2.05, 4.69) is 0 Å². The van der Waals surface area contributed by atoms with Gasteiger partial charge in [-0.3, -0.25) is 0 Å². The van der Waals surface area contributed by atoms with Crippen LogP contribution in [0.2, 0.25) is 0 Å². The predicted molar refractivity (Wildman–Crippen MR) is 68.8 cm³/mol. The van der Waals surface area contributed by atoms with Crippen molar-refractivity contribution in [2.45, 2.75) is 13.5 Å². The number of aromatic carboxylic acids is 1. The average Bonchev–Trinajstić information content (AvgIpc) is 2.86. The third-order valence-corrected chi connectivity index (χ3v) is 2.82. The summed E-state index contributed by atoms with van der Waals surface area (Å²) in [6, 6.07) is 7.91. The van der Waals surface area contributed by atoms with Gasteiger partial charge in [-0.25, -0.2) is 9.18 Å². The second kappa shape index (κ2) is 5.56. The number of carboxylic acids is 1. The van der Waals surface area contributed by atoms with Crippen molar-refractivity contribution in [3.63, 3.8) is 0 Å². The molecule has 0 unspecified atom stereocenters. The zero-order valence-electron chi connectivity index (χ0n) is 10.5. The summed E-state index contributed by atoms with van der Waals surface area (Å²) in [4.78, 5) is 12.5. The number of carbonyl (C=O) groups is 1. The van der Waals surface area contributed by atoms with E-state index in [0.29, 0.717) is 24.5 Å². The minimum atomic E-state index is -1.04. The van der Waals surface area contributed by atoms with Crippen molar-refractivity contribution in [3.05, 3.63) is 53.7 Å². The molecule has 5 heteroatoms. The lowest BCUT2D eigenvalue weighted by atomic mass is 10.2. The fourth-order valence-corrected chi connectivity index (χ4v) is 1.84. The largest absolute Gasteiger partial charge is 0.478 e. The monoisotopic (exact) mass is 263 g/mol. The van der Waals surface area contributed by atoms with Gasteiger partial charge in [-0.15, -0.1) is 0 Å². The van der Waals surface area contributed by atoms with Crippen molar-refractivity contribution < 1.29 is 18.7 Å². The Kier molecular flexibility index (Phi) is 3.85. The Bertz CT molecular complexity index is 580. The van der Waals surface area contributed by atoms with Crippen LogP contribution in [0.1, 0.15) is 23.0 Å². The molecule has 0 fully saturated rings. The van der Waals surface area contributed by atoms with Crippen molar-refractivity contribution in [2.24, 2.45) is 0 Å². The molecule has 19 heavy (non-hydrogen) atoms. The zero-order chi connectivity index (χ0) is 13.8. The fourth-order valence-electron chi connectivity index (χ4n) is 1.84. The zero-order valence-corrected chi connectivity index (χ0v) is 10.5. The molecule has 0 spiro atoms. The van der Waals surface area contributed by atoms with Crippen LogP contribution in [-0.2, 0) is 6.54 Å². The van der Waals surface area contributed by atoms with Crippen LogP contribution in [0.5, 0.6) is 0 Å². The maximum absolute atomic E-state index is 13.7. The van der Waals surface area contributed by atoms with Crippen LogP contribution >= 0.6 is 0 Å². The number of halogens is 1. The summed E-state index contributed by atoms with van der Waals surface area (Å²) < 4.78 is 18.9. The van der Waals surface area contributed by atoms with Crippen LogP contribution in [0.25, 0.3) is 0 Å². The second-order valence-electron chi connectivity index (χ2n) is 4.07. The molecule has 0 aliphatic rings. The molecule has 0 atom stereocenters. The molecule has 4 nitrogen and oxygen atoms in total. The van der Waals surface area contributed by atoms with Gasteiger partial charge in [0.25, 0.3) is 0 Å². The van der Waals surface area contributed by atoms with Crippen molar-refractivity contribution >= 4 is 11.7 Å². The smallest absolute Gasteiger partial charge is 0.338 e. The van der Waals surface area contributed by atoms with E-state index < -0.39 is 5.97 Å². The molecule has 100 valence electrons. The molecule has 0 saturated heterocycles. The number of carboxylic acid groups (broad SMARTS) is 1. The quantitative estimate of drug-likeness (QED) is 0.900. The number of benzene rings is 1. The van der Waals surface area contributed by atoms with Crippen LogP contribution in [0.4, 0.5) is 10.1 Å². The van der Waals surface area contributed by atoms with E-state index in [4.69, 9.17) is 9.52 Å². The van der Waals surface area contributed by atoms with E-state index in [1.54, 1.807) is 23.1 Å². The van der Waals surface area contributed by atoms with E-state index in [-0.39, 0.29) is 11.4 Å². The van der Waals surface area contributed by atoms with Gasteiger partial charge < -0.3 is 14.4 Å². The Morgan fingerprint density at radius 2 is 2.16 bits per heavy atom. The van der Waals surface area contributed by atoms with E-state index >= 15 is 0 Å². The normalized spacial score (nSPS) is 10.4. The third kappa shape index (κ3) is 2.93. The minimum absolute atomic E-state index is 0.0968. The average molecular weight is 263 g/mol. The first-order valence-corrected chi connectivity index (χ1v) is 5.92. The molecule has 2 rings (SSSR count). The number of hydrogen-bond donors (Lipinski definition) is 1. The highest BCUT2D eigenvalue weighted by Crippen LogP contribution is 2.21. The predicted octanol–water partition coefficient (Wildman–Crippen LogP) is 3.14. The molecule has 1 heterocycles. The highest BCUT2D eigenvalue weighted by atomic mass is 19.1. The van der Waals surface area contributed by atoms with Crippen LogP contribution in [0.15, 0.2) is 41.0 Å². The van der Waals surface area contributed by atoms with Crippen molar-refractivity contribution in [3.8, 4) is 0 Å². The molecular formula is C14H14FNO3. The number of anilines is 1. The topological polar surface area (TPSA) is 53.7 Å². The summed E-state index contributed by atoms with van der Waals surface area (Å²) in [6.45, 7) is 2.81. The first-order chi connectivity index (χ1) is 9.11. The van der Waals surface area contributed by atoms with E-state index in [9.17, 15) is 9.18 Å². The summed E-state index contributed by atoms with van der Waals surface area (Å²) in [5, 5.41) is 8.82. The SMILES string of the molecule is CCN(Cc1cc(C(=O)O)co1)c1ccccc1F. The van der Waals surface area contributed by atoms with Gasteiger partial charge in [0, 0.05) is 6.54 Å². The second-order valence-corrected chi connectivity index (χ2v) is 4.07. The summed E-state index contributed by atoms with van der Waals surface area (Å²) in [7, 11) is 0. The molecule has 0 bridgehead atoms. The summed E-state index contributed by atoms with van der Waals surface area (Å²) in [5.41, 5.74) is 0.567. The first kappa shape index (κ1) is 13.1. The summed E-state index contributed by atoms with van der Waals surface area (Å²) in [5.74, 6) is -0.860. The molecule has 0 radical (unpaired) electrons. The van der Waals surface area contributed by atoms with E-state index in [0.717, 1.165) is 0 Å². The van der Waals surface area contributed by atoms with Crippen LogP contribution in [0, 0.1) is 5.82 Å². The van der Waals surface area contributed by atoms with E-state index in [1.165, 1.54) is 18.4 Å². The standard InChI is InChI=1S/C14H14FNO3/c1-2-16(13-6-4-3-5-12(13)15)8-11-7-10(9-19-11)14(17)18/h3-7,9H,2,8H2,1H3,(H,17,18). The molecular weight excluding hydrogens is 249 g/mol. The Balaban J connectivity index is 2.19. The van der Waals surface area contributed by atoms with Gasteiger partial charge in [0.05, 0.1) is 17.8 Å². The molecule has 0 aliphatic carbocycles. The Hall–Kier alpha value is -2.30. The van der Waals surface area contributed by atoms with Gasteiger partial charge in [0.2, 0.25) is 0 Å². The van der Waals surface area contributed by atoms with Crippen molar-refractivity contribution in [1.82, 2.24) is 0 Å². The van der Waals surface area contributed by atoms with Crippen LogP contribution < -0.4 is 4.90 Å². The number of rotatable bonds is 5. The number of nitrogens with zero attached hydrogens (tertiary/aromatic N) is 1. The minimum Gasteiger partial charge on any atom is -0.478 e. The highest BCUT2D eigenvalue weighted by Gasteiger charge is 2.14. The van der Waals surface area contributed by atoms with Gasteiger partial charge in [0.15, 0.2) is 0 Å². The van der Waals surface area contributed by atoms with Crippen molar-refractivity contribution in [1.29, 1.82) is 0 Å². The fraction of sp³-hybridized carbons (Fsp3) is 0.214. The molecule has 2 aromatic rings. The molecule has 0 amide bonds. The van der Waals surface area contributed by atoms with E-state index in [1.807, 2.05) is 6.92 Å². The van der Waals surface area contributed by atoms with Gasteiger partial charge in [0.1, 0.15) is 17.8 Å². The first-order valence-electron chi connectivity index (χ1n) is 5.92. The number of para-hydroxylation sites is 1. The molecule has 1 aromatic heterocycles. The van der Waals surface area contributed by atoms with Crippen molar-refractivity contribution in [2.75, 3.05) is 11.4 Å². The Morgan fingerprint density at radius 3 is 2.74 bits per heavy atom. The lowest BCUT2D eigenvalue weighted by Crippen LogP contribution is -2.22. The van der Waals surface area contributed by atoms with Gasteiger partial charge in [-0.2, -0.15) is 0 Å². The molecule has 1 N–H and O–H groups in total. The lowest BCUT2D eigenvalue weighted by molar-refractivity contribution is 0.0696. The molecule has 1 aromatic carbocycles. The Morgan fingerprint density at radius 1 is 1.42 bits per heavy atom. The Labute approximate surface area is 110 Å². The maximum atomic E-state index is 13.7. The summed E-state index contributed by atoms with van der Waals surface area (Å²) >= 11 is 0. The van der Waals surface area contributed by atoms with Gasteiger partial charge >= 0.3 is 5.97 Å². The highest BCUT2D eigenvalue weighted by molar-refractivity contribution is 5.87. The number of furan rings is 1. The van der Waals surface area contributed by atoms with Crippen LogP contribution in [-0.4, -0.2) is 17.6 Å². The molecule has 0 saturated carbocycles. The number of hydrogen-bond acceptors (Lipinski definition) is 3. The maximum Gasteiger partial charge on any atom is 0.338 e.